The van der Waals surface area contributed by atoms with E-state index in [1.807, 2.05) is 83.1 Å². The molecule has 11 rings (SSSR count). The zero-order valence-electron chi connectivity index (χ0n) is 65.6. The Labute approximate surface area is 738 Å². The molecule has 0 aromatic carbocycles. The molecule has 0 aliphatic rings. The first-order chi connectivity index (χ1) is 55.0. The smallest absolute Gasteiger partial charge is 0.293 e. The molecule has 0 bridgehead atoms. The molecule has 652 valence electrons. The minimum Gasteiger partial charge on any atom is -0.468 e. The van der Waals surface area contributed by atoms with Crippen LogP contribution < -0.4 is 16.0 Å². The number of imidazole rings is 3. The number of hydrogen-bond acceptors (Lipinski definition) is 18. The molecular weight excluding hydrogens is 1840 g/mol. The summed E-state index contributed by atoms with van der Waals surface area (Å²) in [7, 11) is -4.78. The third-order valence-corrected chi connectivity index (χ3v) is 21.5. The van der Waals surface area contributed by atoms with Gasteiger partial charge in [0.25, 0.3) is 6.47 Å². The lowest BCUT2D eigenvalue weighted by Crippen LogP contribution is -2.27. The van der Waals surface area contributed by atoms with Gasteiger partial charge in [0.05, 0.1) is 125 Å². The molecule has 0 amide bonds. The van der Waals surface area contributed by atoms with Crippen molar-refractivity contribution in [2.45, 2.75) is 135 Å². The number of carbonyl (C=O) groups excluding carboxylic acids is 4. The van der Waals surface area contributed by atoms with Gasteiger partial charge in [0.15, 0.2) is 59.1 Å². The maximum Gasteiger partial charge on any atom is 0.293 e. The molecule has 6 N–H and O–H groups in total. The summed E-state index contributed by atoms with van der Waals surface area (Å²) in [5, 5.41) is 10.4. The third-order valence-electron chi connectivity index (χ3n) is 13.4. The number of aldehydes is 3. The second-order valence-electron chi connectivity index (χ2n) is 26.4. The zero-order chi connectivity index (χ0) is 90.2. The maximum absolute atomic E-state index is 13.9. The van der Waals surface area contributed by atoms with E-state index >= 15 is 0 Å². The van der Waals surface area contributed by atoms with Crippen molar-refractivity contribution in [3.05, 3.63) is 250 Å². The molecule has 119 heavy (non-hydrogen) atoms. The van der Waals surface area contributed by atoms with Gasteiger partial charge >= 0.3 is 0 Å². The standard InChI is InChI=1S/C12H13ClFN3OS.C11H15ClFNOS.C8H4ClFN2O.C8H7ClFNO.C7H4ClFN2.C6H6ClFN2.C6H3ClFNO.C5H3ClFN.2C4H11NOS.C3H6O2.ClH/c1-12(2,3)19(18)16-6-9-11-10(14)8(13)4-5-17(11)7-15-9;1-11(2,3)16(15)7-5-9-10(13)8(12)4-6-14-9;9-5-1-2-12-4-11-6(3-13)8(12)7(5)10;9-6-3-4-11-7(8(6)10)2-1-5-12;8-5-1-2-11-4-10-3-6(11)7(5)9;7-4-1-2-10-5(3-9)6(4)8;7-4-1-2-9-5(3-10)6(4)8;6-4-1-2-8-3-5(4)7;2*1-4(2,3)7(5)6;1-2-5-3-4;/h4-7H,1-3H3;4,6H,5,7H2,1-3H3;1-4H;3-5H,1-2H2;1-4H;1-2H,3,9H2;1-3H;1-3H;2*5H2,1-3H3;3H,2H2,1H3;1H. The number of nitrogens with zero attached hydrogens (tertiary/aromatic N) is 12. The fourth-order valence-electron chi connectivity index (χ4n) is 6.97. The number of nitrogens with two attached hydrogens (primary N) is 3. The highest BCUT2D eigenvalue weighted by Crippen LogP contribution is 2.25. The topological polar surface area (TPSA) is 353 Å². The highest BCUT2D eigenvalue weighted by molar-refractivity contribution is 7.86. The molecule has 45 heteroatoms. The van der Waals surface area contributed by atoms with E-state index < -0.39 is 95.0 Å². The molecule has 0 saturated carbocycles. The van der Waals surface area contributed by atoms with Crippen molar-refractivity contribution in [1.29, 1.82) is 0 Å². The summed E-state index contributed by atoms with van der Waals surface area (Å²) in [5.41, 5.74) is 6.73. The minimum absolute atomic E-state index is 0. The molecule has 0 aliphatic heterocycles. The molecule has 11 aromatic heterocycles. The van der Waals surface area contributed by atoms with Crippen LogP contribution in [0.25, 0.3) is 16.6 Å². The van der Waals surface area contributed by atoms with Crippen molar-refractivity contribution in [2.75, 3.05) is 12.4 Å². The Hall–Kier alpha value is -7.50. The second kappa shape index (κ2) is 55.5. The highest BCUT2D eigenvalue weighted by atomic mass is 35.5. The van der Waals surface area contributed by atoms with Crippen LogP contribution in [0.5, 0.6) is 0 Å². The van der Waals surface area contributed by atoms with Gasteiger partial charge in [0.1, 0.15) is 63.6 Å². The zero-order valence-corrected chi connectivity index (χ0v) is 75.7. The lowest BCUT2D eigenvalue weighted by molar-refractivity contribution is -0.128. The van der Waals surface area contributed by atoms with Gasteiger partial charge in [-0.2, -0.15) is 4.40 Å². The molecule has 11 aromatic rings. The van der Waals surface area contributed by atoms with Crippen molar-refractivity contribution in [2.24, 2.45) is 20.4 Å². The van der Waals surface area contributed by atoms with E-state index in [2.05, 4.69) is 49.0 Å². The largest absolute Gasteiger partial charge is 0.468 e. The quantitative estimate of drug-likeness (QED) is 0.0548. The average Bonchev–Trinajstić information content (AvgIpc) is 1.67. The number of aryl methyl sites for hydroxylation is 2. The van der Waals surface area contributed by atoms with Crippen molar-refractivity contribution in [1.82, 2.24) is 53.1 Å². The van der Waals surface area contributed by atoms with Gasteiger partial charge in [-0.05, 0) is 145 Å². The number of halogens is 17. The highest BCUT2D eigenvalue weighted by Gasteiger charge is 2.22. The summed E-state index contributed by atoms with van der Waals surface area (Å²) in [6.45, 7) is 24.9. The number of hydrogen-bond donors (Lipinski definition) is 3. The molecule has 0 radical (unpaired) electrons. The minimum atomic E-state index is -1.41. The molecule has 0 saturated heterocycles. The molecule has 4 unspecified atom stereocenters. The Morgan fingerprint density at radius 3 is 1.22 bits per heavy atom. The molecule has 4 atom stereocenters. The van der Waals surface area contributed by atoms with Gasteiger partial charge in [0, 0.05) is 90.3 Å². The van der Waals surface area contributed by atoms with E-state index in [1.54, 1.807) is 29.9 Å². The van der Waals surface area contributed by atoms with Crippen molar-refractivity contribution in [3.8, 4) is 0 Å². The van der Waals surface area contributed by atoms with Crippen LogP contribution >= 0.6 is 105 Å². The Morgan fingerprint density at radius 1 is 0.454 bits per heavy atom. The molecule has 0 spiro atoms. The number of pyridine rings is 8. The van der Waals surface area contributed by atoms with Crippen LogP contribution in [-0.4, -0.2) is 133 Å². The third kappa shape index (κ3) is 39.9. The lowest BCUT2D eigenvalue weighted by atomic mass is 10.2. The van der Waals surface area contributed by atoms with Crippen LogP contribution in [0, 0.1) is 46.5 Å². The molecule has 24 nitrogen and oxygen atoms in total. The Balaban J connectivity index is 0.00000131. The SMILES string of the molecule is CC(C)(C)S(=O)CCc1nccc(Cl)c1F.CC(C)(C)S(=O)N=Cc1ncn2ccc(Cl)c(F)c12.CC(C)(C)S(N)=O.CC(C)(C)S(N)=O.CCOC=O.Cl.Fc1c(Cl)ccn2cncc12.Fc1cnccc1Cl.NCc1nccc(Cl)c1F.O=CCCc1nccc(Cl)c1F.O=Cc1nccc(Cl)c1F.O=Cc1ncn2ccc(Cl)c(F)c12. The number of aromatic nitrogens is 11. The predicted octanol–water partition coefficient (Wildman–Crippen LogP) is 18.4. The van der Waals surface area contributed by atoms with Crippen LogP contribution in [0.1, 0.15) is 140 Å². The van der Waals surface area contributed by atoms with Gasteiger partial charge in [-0.3, -0.25) is 53.8 Å². The summed E-state index contributed by atoms with van der Waals surface area (Å²) < 4.78 is 160. The van der Waals surface area contributed by atoms with E-state index in [9.17, 15) is 71.1 Å². The fourth-order valence-corrected chi connectivity index (χ4v) is 9.67. The number of ether oxygens (including phenoxy) is 1. The number of rotatable bonds is 13. The van der Waals surface area contributed by atoms with Crippen LogP contribution in [0.4, 0.5) is 35.1 Å². The van der Waals surface area contributed by atoms with E-state index in [-0.39, 0.29) is 119 Å². The normalized spacial score (nSPS) is 11.8. The van der Waals surface area contributed by atoms with Crippen molar-refractivity contribution < 1.29 is 75.9 Å². The fraction of sp³-hybridized carbons (Fsp3) is 0.311. The average molecular weight is 1930 g/mol. The molecular formula is C74H84Cl9F8N15O9S4. The van der Waals surface area contributed by atoms with Gasteiger partial charge in [0.2, 0.25) is 0 Å². The molecule has 0 aliphatic carbocycles. The monoisotopic (exact) mass is 1920 g/mol. The van der Waals surface area contributed by atoms with Gasteiger partial charge in [-0.25, -0.2) is 62.7 Å². The van der Waals surface area contributed by atoms with E-state index in [0.717, 1.165) is 12.5 Å². The molecule has 11 heterocycles. The molecule has 0 fully saturated rings. The van der Waals surface area contributed by atoms with Crippen molar-refractivity contribution >= 4 is 197 Å². The summed E-state index contributed by atoms with van der Waals surface area (Å²) >= 11 is 44.0. The first kappa shape index (κ1) is 112. The summed E-state index contributed by atoms with van der Waals surface area (Å²) in [6, 6.07) is 11.2. The van der Waals surface area contributed by atoms with E-state index in [4.69, 9.17) is 109 Å². The van der Waals surface area contributed by atoms with Crippen LogP contribution in [0.3, 0.4) is 0 Å². The first-order valence-electron chi connectivity index (χ1n) is 33.6. The lowest BCUT2D eigenvalue weighted by Gasteiger charge is -2.17. The second-order valence-corrected chi connectivity index (χ2v) is 37.5. The Kier molecular flexibility index (Phi) is 52.0. The summed E-state index contributed by atoms with van der Waals surface area (Å²) in [4.78, 5) is 69.4. The van der Waals surface area contributed by atoms with Crippen LogP contribution in [0.2, 0.25) is 40.2 Å². The first-order valence-corrected chi connectivity index (χ1v) is 41.4. The Bertz CT molecular complexity index is 5160. The van der Waals surface area contributed by atoms with Gasteiger partial charge in [-0.15, -0.1) is 12.4 Å². The van der Waals surface area contributed by atoms with Gasteiger partial charge < -0.3 is 28.5 Å². The van der Waals surface area contributed by atoms with E-state index in [1.165, 1.54) is 120 Å². The predicted molar refractivity (Wildman–Crippen MR) is 461 cm³/mol. The van der Waals surface area contributed by atoms with E-state index in [0.29, 0.717) is 55.5 Å². The Morgan fingerprint density at radius 2 is 0.849 bits per heavy atom. The van der Waals surface area contributed by atoms with Crippen LogP contribution in [0.15, 0.2) is 134 Å². The maximum atomic E-state index is 13.9. The summed E-state index contributed by atoms with van der Waals surface area (Å²) in [6.07, 6.45) is 22.4. The van der Waals surface area contributed by atoms with Crippen molar-refractivity contribution in [3.63, 3.8) is 0 Å². The number of fused-ring (bicyclic) bond motifs is 3. The number of carbonyl (C=O) groups is 4. The summed E-state index contributed by atoms with van der Waals surface area (Å²) in [5.74, 6) is -4.01. The van der Waals surface area contributed by atoms with Crippen LogP contribution in [-0.2, 0) is 77.5 Å². The van der Waals surface area contributed by atoms with Gasteiger partial charge in [-0.1, -0.05) is 92.8 Å².